The number of amides is 1. The first kappa shape index (κ1) is 18.5. The maximum atomic E-state index is 12.7. The van der Waals surface area contributed by atoms with E-state index in [-0.39, 0.29) is 17.5 Å². The summed E-state index contributed by atoms with van der Waals surface area (Å²) in [7, 11) is 1.51. The molecule has 2 bridgehead atoms. The SMILES string of the molecule is COc1cc(C(=O)O)ccc1-c1ccc(C(=O)N[C@H]2CN3CCC2CC3)cc1. The number of hydrogen-bond donors (Lipinski definition) is 2. The number of carboxylic acids is 1. The van der Waals surface area contributed by atoms with Gasteiger partial charge >= 0.3 is 5.97 Å². The van der Waals surface area contributed by atoms with Crippen molar-refractivity contribution in [2.24, 2.45) is 5.92 Å². The third-order valence-electron chi connectivity index (χ3n) is 5.88. The summed E-state index contributed by atoms with van der Waals surface area (Å²) in [6.45, 7) is 3.24. The van der Waals surface area contributed by atoms with Gasteiger partial charge in [0.15, 0.2) is 0 Å². The summed E-state index contributed by atoms with van der Waals surface area (Å²) in [5, 5.41) is 12.3. The Kier molecular flexibility index (Phi) is 5.05. The van der Waals surface area contributed by atoms with E-state index in [1.54, 1.807) is 24.3 Å². The van der Waals surface area contributed by atoms with Crippen molar-refractivity contribution in [2.45, 2.75) is 18.9 Å². The zero-order valence-electron chi connectivity index (χ0n) is 15.9. The van der Waals surface area contributed by atoms with Gasteiger partial charge in [0.1, 0.15) is 5.75 Å². The highest BCUT2D eigenvalue weighted by Crippen LogP contribution is 2.31. The molecule has 3 heterocycles. The van der Waals surface area contributed by atoms with Crippen molar-refractivity contribution < 1.29 is 19.4 Å². The number of benzene rings is 2. The third-order valence-corrected chi connectivity index (χ3v) is 5.88. The molecule has 3 aliphatic heterocycles. The fraction of sp³-hybridized carbons (Fsp3) is 0.364. The summed E-state index contributed by atoms with van der Waals surface area (Å²) in [5.41, 5.74) is 2.46. The fourth-order valence-corrected chi connectivity index (χ4v) is 4.24. The first-order valence-electron chi connectivity index (χ1n) is 9.60. The Morgan fingerprint density at radius 1 is 1.07 bits per heavy atom. The van der Waals surface area contributed by atoms with Gasteiger partial charge in [-0.3, -0.25) is 4.79 Å². The van der Waals surface area contributed by atoms with Crippen LogP contribution in [0.1, 0.15) is 33.6 Å². The molecule has 0 radical (unpaired) electrons. The van der Waals surface area contributed by atoms with Crippen LogP contribution in [0.15, 0.2) is 42.5 Å². The van der Waals surface area contributed by atoms with Crippen molar-refractivity contribution in [3.05, 3.63) is 53.6 Å². The molecule has 0 saturated carbocycles. The Morgan fingerprint density at radius 2 is 1.75 bits per heavy atom. The van der Waals surface area contributed by atoms with Gasteiger partial charge in [0.2, 0.25) is 0 Å². The van der Waals surface area contributed by atoms with Gasteiger partial charge in [-0.05, 0) is 67.7 Å². The van der Waals surface area contributed by atoms with Gasteiger partial charge in [-0.1, -0.05) is 12.1 Å². The second-order valence-electron chi connectivity index (χ2n) is 7.52. The average molecular weight is 380 g/mol. The van der Waals surface area contributed by atoms with E-state index in [4.69, 9.17) is 9.84 Å². The number of fused-ring (bicyclic) bond motifs is 3. The van der Waals surface area contributed by atoms with Crippen LogP contribution in [0.2, 0.25) is 0 Å². The monoisotopic (exact) mass is 380 g/mol. The van der Waals surface area contributed by atoms with E-state index >= 15 is 0 Å². The van der Waals surface area contributed by atoms with Crippen LogP contribution < -0.4 is 10.1 Å². The molecule has 3 saturated heterocycles. The van der Waals surface area contributed by atoms with E-state index in [1.165, 1.54) is 13.2 Å². The molecule has 3 fully saturated rings. The van der Waals surface area contributed by atoms with Gasteiger partial charge in [0, 0.05) is 23.7 Å². The van der Waals surface area contributed by atoms with Crippen LogP contribution >= 0.6 is 0 Å². The van der Waals surface area contributed by atoms with Gasteiger partial charge in [-0.15, -0.1) is 0 Å². The van der Waals surface area contributed by atoms with Crippen LogP contribution in [0.4, 0.5) is 0 Å². The number of methoxy groups -OCH3 is 1. The van der Waals surface area contributed by atoms with Gasteiger partial charge < -0.3 is 20.1 Å². The lowest BCUT2D eigenvalue weighted by molar-refractivity contribution is 0.0620. The van der Waals surface area contributed by atoms with Gasteiger partial charge in [-0.25, -0.2) is 4.79 Å². The van der Waals surface area contributed by atoms with E-state index in [9.17, 15) is 9.59 Å². The van der Waals surface area contributed by atoms with Crippen molar-refractivity contribution >= 4 is 11.9 Å². The Labute approximate surface area is 164 Å². The Morgan fingerprint density at radius 3 is 2.32 bits per heavy atom. The summed E-state index contributed by atoms with van der Waals surface area (Å²) in [6, 6.07) is 12.4. The Balaban J connectivity index is 1.49. The van der Waals surface area contributed by atoms with Crippen LogP contribution in [0, 0.1) is 5.92 Å². The van der Waals surface area contributed by atoms with Gasteiger partial charge in [-0.2, -0.15) is 0 Å². The Bertz CT molecular complexity index is 886. The second-order valence-corrected chi connectivity index (χ2v) is 7.52. The largest absolute Gasteiger partial charge is 0.496 e. The molecule has 2 N–H and O–H groups in total. The van der Waals surface area contributed by atoms with Crippen LogP contribution in [-0.4, -0.2) is 54.7 Å². The van der Waals surface area contributed by atoms with Crippen LogP contribution in [0.25, 0.3) is 11.1 Å². The molecule has 6 heteroatoms. The lowest BCUT2D eigenvalue weighted by atomic mass is 9.84. The molecule has 6 nitrogen and oxygen atoms in total. The van der Waals surface area contributed by atoms with Crippen molar-refractivity contribution in [3.63, 3.8) is 0 Å². The normalized spacial score (nSPS) is 23.2. The zero-order chi connectivity index (χ0) is 19.7. The van der Waals surface area contributed by atoms with Crippen LogP contribution in [0.5, 0.6) is 5.75 Å². The van der Waals surface area contributed by atoms with E-state index in [0.717, 1.165) is 43.6 Å². The smallest absolute Gasteiger partial charge is 0.335 e. The van der Waals surface area contributed by atoms with Crippen molar-refractivity contribution in [2.75, 3.05) is 26.7 Å². The van der Waals surface area contributed by atoms with Crippen LogP contribution in [0.3, 0.4) is 0 Å². The minimum Gasteiger partial charge on any atom is -0.496 e. The lowest BCUT2D eigenvalue weighted by Crippen LogP contribution is -2.57. The summed E-state index contributed by atoms with van der Waals surface area (Å²) < 4.78 is 5.35. The molecule has 146 valence electrons. The van der Waals surface area contributed by atoms with Gasteiger partial charge in [0.05, 0.1) is 12.7 Å². The molecule has 2 aromatic rings. The maximum absolute atomic E-state index is 12.7. The molecule has 0 aliphatic carbocycles. The van der Waals surface area contributed by atoms with Crippen molar-refractivity contribution in [1.29, 1.82) is 0 Å². The number of hydrogen-bond acceptors (Lipinski definition) is 4. The van der Waals surface area contributed by atoms with E-state index in [0.29, 0.717) is 17.2 Å². The molecule has 5 rings (SSSR count). The lowest BCUT2D eigenvalue weighted by Gasteiger charge is -2.44. The minimum atomic E-state index is -0.996. The summed E-state index contributed by atoms with van der Waals surface area (Å²) in [4.78, 5) is 26.2. The fourth-order valence-electron chi connectivity index (χ4n) is 4.24. The molecular formula is C22H24N2O4. The Hall–Kier alpha value is -2.86. The number of nitrogens with one attached hydrogen (secondary N) is 1. The molecule has 2 aromatic carbocycles. The number of nitrogens with zero attached hydrogens (tertiary/aromatic N) is 1. The maximum Gasteiger partial charge on any atom is 0.335 e. The highest BCUT2D eigenvalue weighted by molar-refractivity contribution is 5.95. The highest BCUT2D eigenvalue weighted by atomic mass is 16.5. The molecule has 0 spiro atoms. The number of piperidine rings is 3. The number of carbonyl (C=O) groups excluding carboxylic acids is 1. The molecular weight excluding hydrogens is 356 g/mol. The molecule has 28 heavy (non-hydrogen) atoms. The second kappa shape index (κ2) is 7.64. The first-order chi connectivity index (χ1) is 13.5. The third kappa shape index (κ3) is 3.60. The van der Waals surface area contributed by atoms with Crippen molar-refractivity contribution in [3.8, 4) is 16.9 Å². The number of carboxylic acid groups (broad SMARTS) is 1. The molecule has 1 atom stereocenters. The average Bonchev–Trinajstić information content (AvgIpc) is 2.74. The minimum absolute atomic E-state index is 0.0431. The summed E-state index contributed by atoms with van der Waals surface area (Å²) >= 11 is 0. The number of rotatable bonds is 5. The first-order valence-corrected chi connectivity index (χ1v) is 9.60. The van der Waals surface area contributed by atoms with E-state index < -0.39 is 5.97 Å². The van der Waals surface area contributed by atoms with Gasteiger partial charge in [0.25, 0.3) is 5.91 Å². The molecule has 0 unspecified atom stereocenters. The summed E-state index contributed by atoms with van der Waals surface area (Å²) in [6.07, 6.45) is 2.33. The van der Waals surface area contributed by atoms with E-state index in [1.807, 2.05) is 12.1 Å². The van der Waals surface area contributed by atoms with Crippen molar-refractivity contribution in [1.82, 2.24) is 10.2 Å². The van der Waals surface area contributed by atoms with E-state index in [2.05, 4.69) is 10.2 Å². The predicted molar refractivity (Wildman–Crippen MR) is 106 cm³/mol. The number of ether oxygens (including phenoxy) is 1. The quantitative estimate of drug-likeness (QED) is 0.834. The predicted octanol–water partition coefficient (Wildman–Crippen LogP) is 2.88. The van der Waals surface area contributed by atoms with Crippen LogP contribution in [-0.2, 0) is 0 Å². The molecule has 1 amide bonds. The number of aromatic carboxylic acids is 1. The summed E-state index contributed by atoms with van der Waals surface area (Å²) in [5.74, 6) is 0.0396. The molecule has 0 aromatic heterocycles. The topological polar surface area (TPSA) is 78.9 Å². The zero-order valence-corrected chi connectivity index (χ0v) is 15.9. The molecule has 3 aliphatic rings. The highest BCUT2D eigenvalue weighted by Gasteiger charge is 2.34. The number of carbonyl (C=O) groups is 2. The standard InChI is InChI=1S/C22H24N2O4/c1-28-20-12-17(22(26)27)6-7-18(20)14-2-4-16(5-3-14)21(25)23-19-13-24-10-8-15(19)9-11-24/h2-7,12,15,19H,8-11,13H2,1H3,(H,23,25)(H,26,27)/t19-/m0/s1.